The van der Waals surface area contributed by atoms with Crippen molar-refractivity contribution in [1.29, 1.82) is 0 Å². The monoisotopic (exact) mass is 488 g/mol. The van der Waals surface area contributed by atoms with Gasteiger partial charge in [0.1, 0.15) is 18.1 Å². The van der Waals surface area contributed by atoms with E-state index in [1.54, 1.807) is 24.3 Å². The lowest BCUT2D eigenvalue weighted by Crippen LogP contribution is -2.55. The molecule has 1 aliphatic heterocycles. The molecule has 2 rings (SSSR count). The first-order valence-corrected chi connectivity index (χ1v) is 11.2. The fourth-order valence-electron chi connectivity index (χ4n) is 3.46. The van der Waals surface area contributed by atoms with Crippen LogP contribution in [0.2, 0.25) is 0 Å². The third kappa shape index (κ3) is 9.70. The number of hydrogen-bond acceptors (Lipinski definition) is 6. The van der Waals surface area contributed by atoms with E-state index in [0.29, 0.717) is 12.8 Å². The zero-order chi connectivity index (χ0) is 25.8. The summed E-state index contributed by atoms with van der Waals surface area (Å²) < 4.78 is 0. The first-order chi connectivity index (χ1) is 16.7. The van der Waals surface area contributed by atoms with Crippen molar-refractivity contribution in [2.24, 2.45) is 22.2 Å². The van der Waals surface area contributed by atoms with Gasteiger partial charge in [0.25, 0.3) is 0 Å². The van der Waals surface area contributed by atoms with Crippen molar-refractivity contribution in [3.8, 4) is 0 Å². The molecule has 0 aromatic heterocycles. The number of rotatable bonds is 13. The number of nitrogens with one attached hydrogen (secondary N) is 4. The molecule has 35 heavy (non-hydrogen) atoms. The second kappa shape index (κ2) is 13.5. The smallest absolute Gasteiger partial charge is 0.243 e. The molecular weight excluding hydrogens is 456 g/mol. The predicted octanol–water partition coefficient (Wildman–Crippen LogP) is -2.87. The van der Waals surface area contributed by atoms with Gasteiger partial charge in [-0.05, 0) is 24.8 Å². The number of nitrogens with two attached hydrogens (primary N) is 3. The number of benzene rings is 1. The second-order valence-electron chi connectivity index (χ2n) is 8.10. The van der Waals surface area contributed by atoms with Gasteiger partial charge in [-0.25, -0.2) is 0 Å². The normalized spacial score (nSPS) is 16.3. The van der Waals surface area contributed by atoms with Gasteiger partial charge in [-0.2, -0.15) is 0 Å². The van der Waals surface area contributed by atoms with E-state index in [1.165, 1.54) is 0 Å². The summed E-state index contributed by atoms with van der Waals surface area (Å²) in [5.74, 6) is -2.78. The third-order valence-electron chi connectivity index (χ3n) is 5.27. The minimum atomic E-state index is -1.03. The maximum atomic E-state index is 12.9. The van der Waals surface area contributed by atoms with Crippen LogP contribution in [0, 0.1) is 0 Å². The van der Waals surface area contributed by atoms with Crippen LogP contribution in [0.15, 0.2) is 35.3 Å². The summed E-state index contributed by atoms with van der Waals surface area (Å²) in [7, 11) is 0. The van der Waals surface area contributed by atoms with E-state index >= 15 is 0 Å². The summed E-state index contributed by atoms with van der Waals surface area (Å²) in [6.45, 7) is -0.171. The van der Waals surface area contributed by atoms with Gasteiger partial charge in [-0.15, -0.1) is 0 Å². The Labute approximate surface area is 202 Å². The minimum absolute atomic E-state index is 0.103. The minimum Gasteiger partial charge on any atom is -0.370 e. The fraction of sp³-hybridized carbons (Fsp3) is 0.455. The molecule has 1 heterocycles. The second-order valence-corrected chi connectivity index (χ2v) is 8.10. The van der Waals surface area contributed by atoms with Crippen LogP contribution in [-0.4, -0.2) is 66.7 Å². The Hall–Kier alpha value is -4.16. The highest BCUT2D eigenvalue weighted by molar-refractivity contribution is 5.95. The van der Waals surface area contributed by atoms with Crippen molar-refractivity contribution in [3.05, 3.63) is 35.9 Å². The van der Waals surface area contributed by atoms with Crippen molar-refractivity contribution < 1.29 is 24.0 Å². The molecule has 1 saturated heterocycles. The maximum Gasteiger partial charge on any atom is 0.243 e. The average molecular weight is 489 g/mol. The number of primary amides is 1. The van der Waals surface area contributed by atoms with E-state index in [4.69, 9.17) is 17.2 Å². The molecule has 0 spiro atoms. The zero-order valence-electron chi connectivity index (χ0n) is 19.3. The molecule has 1 fully saturated rings. The van der Waals surface area contributed by atoms with E-state index in [9.17, 15) is 24.0 Å². The number of aliphatic imine (C=N–C) groups is 1. The maximum absolute atomic E-state index is 12.9. The van der Waals surface area contributed by atoms with Crippen LogP contribution in [0.25, 0.3) is 0 Å². The molecule has 190 valence electrons. The summed E-state index contributed by atoms with van der Waals surface area (Å²) in [5.41, 5.74) is 16.9. The summed E-state index contributed by atoms with van der Waals surface area (Å²) in [6.07, 6.45) is 1.29. The van der Waals surface area contributed by atoms with Crippen LogP contribution in [-0.2, 0) is 30.4 Å². The molecule has 13 heteroatoms. The lowest BCUT2D eigenvalue weighted by atomic mass is 10.0. The Balaban J connectivity index is 1.98. The van der Waals surface area contributed by atoms with E-state index in [1.807, 2.05) is 6.07 Å². The van der Waals surface area contributed by atoms with Crippen molar-refractivity contribution in [1.82, 2.24) is 21.3 Å². The van der Waals surface area contributed by atoms with Crippen molar-refractivity contribution in [2.75, 3.05) is 13.1 Å². The van der Waals surface area contributed by atoms with Crippen LogP contribution in [0.5, 0.6) is 0 Å². The number of carbonyl (C=O) groups is 5. The van der Waals surface area contributed by atoms with Crippen molar-refractivity contribution in [3.63, 3.8) is 0 Å². The summed E-state index contributed by atoms with van der Waals surface area (Å²) in [4.78, 5) is 64.5. The van der Waals surface area contributed by atoms with Crippen LogP contribution in [0.4, 0.5) is 0 Å². The van der Waals surface area contributed by atoms with Crippen molar-refractivity contribution >= 4 is 35.5 Å². The van der Waals surface area contributed by atoms with E-state index in [2.05, 4.69) is 26.3 Å². The third-order valence-corrected chi connectivity index (χ3v) is 5.27. The Morgan fingerprint density at radius 3 is 2.37 bits per heavy atom. The Bertz CT molecular complexity index is 948. The quantitative estimate of drug-likeness (QED) is 0.0872. The summed E-state index contributed by atoms with van der Waals surface area (Å²) >= 11 is 0. The molecule has 0 aliphatic carbocycles. The lowest BCUT2D eigenvalue weighted by molar-refractivity contribution is -0.132. The van der Waals surface area contributed by atoms with Crippen molar-refractivity contribution in [2.45, 2.75) is 50.2 Å². The molecule has 1 aliphatic rings. The SMILES string of the molecule is NC(=O)[C@H](Cc1ccccc1)NC(=O)[C@H](CCCN=C(N)N)NC(=O)CNC(=O)[C@@H]1CCC(=O)N1. The first kappa shape index (κ1) is 27.1. The van der Waals surface area contributed by atoms with Gasteiger partial charge in [0.2, 0.25) is 29.5 Å². The molecule has 13 nitrogen and oxygen atoms in total. The molecule has 0 bridgehead atoms. The fourth-order valence-corrected chi connectivity index (χ4v) is 3.46. The van der Waals surface area contributed by atoms with Gasteiger partial charge in [0, 0.05) is 19.4 Å². The first-order valence-electron chi connectivity index (χ1n) is 11.2. The molecule has 1 aromatic rings. The highest BCUT2D eigenvalue weighted by Gasteiger charge is 2.28. The molecule has 0 unspecified atom stereocenters. The molecular formula is C22H32N8O5. The van der Waals surface area contributed by atoms with E-state index < -0.39 is 48.3 Å². The summed E-state index contributed by atoms with van der Waals surface area (Å²) in [6, 6.07) is 6.30. The van der Waals surface area contributed by atoms with Crippen LogP contribution >= 0.6 is 0 Å². The van der Waals surface area contributed by atoms with Gasteiger partial charge in [-0.3, -0.25) is 29.0 Å². The molecule has 0 radical (unpaired) electrons. The number of hydrogen-bond donors (Lipinski definition) is 7. The van der Waals surface area contributed by atoms with Gasteiger partial charge in [0.05, 0.1) is 6.54 Å². The molecule has 1 aromatic carbocycles. The largest absolute Gasteiger partial charge is 0.370 e. The van der Waals surface area contributed by atoms with Crippen LogP contribution < -0.4 is 38.5 Å². The van der Waals surface area contributed by atoms with E-state index in [0.717, 1.165) is 5.56 Å². The molecule has 10 N–H and O–H groups in total. The topological polar surface area (TPSA) is 224 Å². The van der Waals surface area contributed by atoms with E-state index in [-0.39, 0.29) is 37.7 Å². The Morgan fingerprint density at radius 1 is 1.06 bits per heavy atom. The van der Waals surface area contributed by atoms with Crippen LogP contribution in [0.1, 0.15) is 31.2 Å². The van der Waals surface area contributed by atoms with Gasteiger partial charge < -0.3 is 38.5 Å². The average Bonchev–Trinajstić information content (AvgIpc) is 3.25. The number of nitrogens with zero attached hydrogens (tertiary/aromatic N) is 1. The number of carbonyl (C=O) groups excluding carboxylic acids is 5. The molecule has 5 amide bonds. The Kier molecular flexibility index (Phi) is 10.5. The van der Waals surface area contributed by atoms with Gasteiger partial charge in [-0.1, -0.05) is 30.3 Å². The van der Waals surface area contributed by atoms with Gasteiger partial charge >= 0.3 is 0 Å². The van der Waals surface area contributed by atoms with Crippen LogP contribution in [0.3, 0.4) is 0 Å². The highest BCUT2D eigenvalue weighted by Crippen LogP contribution is 2.07. The summed E-state index contributed by atoms with van der Waals surface area (Å²) in [5, 5.41) is 10.1. The van der Waals surface area contributed by atoms with Gasteiger partial charge in [0.15, 0.2) is 5.96 Å². The molecule has 0 saturated carbocycles. The molecule has 3 atom stereocenters. The zero-order valence-corrected chi connectivity index (χ0v) is 19.3. The Morgan fingerprint density at radius 2 is 1.77 bits per heavy atom. The highest BCUT2D eigenvalue weighted by atomic mass is 16.2. The standard InChI is InChI=1S/C22H32N8O5/c23-19(33)16(11-13-5-2-1-3-6-13)30-21(35)14(7-4-10-26-22(24)25)29-18(32)12-27-20(34)15-8-9-17(31)28-15/h1-3,5-6,14-16H,4,7-12H2,(H2,23,33)(H,27,34)(H,28,31)(H,29,32)(H,30,35)(H4,24,25,26)/t14-,15-,16-/m0/s1. The predicted molar refractivity (Wildman–Crippen MR) is 127 cm³/mol. The lowest BCUT2D eigenvalue weighted by Gasteiger charge is -2.22. The number of amides is 5. The number of guanidine groups is 1.